The van der Waals surface area contributed by atoms with E-state index in [1.807, 2.05) is 17.1 Å². The van der Waals surface area contributed by atoms with E-state index in [1.54, 1.807) is 0 Å². The third kappa shape index (κ3) is 3.69. The Kier molecular flexibility index (Phi) is 4.70. The first-order chi connectivity index (χ1) is 8.87. The summed E-state index contributed by atoms with van der Waals surface area (Å²) in [6.07, 6.45) is 4.90. The van der Waals surface area contributed by atoms with Crippen LogP contribution in [0, 0.1) is 0 Å². The number of nitrogen functional groups attached to an aromatic ring is 2. The fourth-order valence-corrected chi connectivity index (χ4v) is 2.06. The lowest BCUT2D eigenvalue weighted by atomic mass is 10.2. The fourth-order valence-electron chi connectivity index (χ4n) is 1.70. The molecule has 2 heterocycles. The predicted octanol–water partition coefficient (Wildman–Crippen LogP) is -1.65. The highest BCUT2D eigenvalue weighted by molar-refractivity contribution is 7.80. The number of nitrogens with two attached hydrogens (primary N) is 2. The first-order valence-corrected chi connectivity index (χ1v) is 6.79. The van der Waals surface area contributed by atoms with E-state index in [2.05, 4.69) is 9.27 Å². The molecule has 0 aromatic carbocycles. The topological polar surface area (TPSA) is 166 Å². The maximum absolute atomic E-state index is 10.6. The van der Waals surface area contributed by atoms with Crippen molar-refractivity contribution in [2.75, 3.05) is 29.5 Å². The lowest BCUT2D eigenvalue weighted by molar-refractivity contribution is -0.835. The van der Waals surface area contributed by atoms with Gasteiger partial charge in [-0.15, -0.1) is 0 Å². The highest BCUT2D eigenvalue weighted by Crippen LogP contribution is 2.16. The lowest BCUT2D eigenvalue weighted by Gasteiger charge is -2.22. The Morgan fingerprint density at radius 3 is 2.60 bits per heavy atom. The van der Waals surface area contributed by atoms with Crippen molar-refractivity contribution >= 4 is 28.0 Å². The highest BCUT2D eigenvalue weighted by atomic mass is 32.3. The van der Waals surface area contributed by atoms with Crippen LogP contribution >= 0.6 is 0 Å². The normalized spacial score (nSPS) is 14.8. The molecule has 0 unspecified atom stereocenters. The summed E-state index contributed by atoms with van der Waals surface area (Å²) in [4.78, 5) is 5.92. The second kappa shape index (κ2) is 5.90. The van der Waals surface area contributed by atoms with Crippen molar-refractivity contribution in [3.8, 4) is 0 Å². The van der Waals surface area contributed by atoms with Gasteiger partial charge in [0.2, 0.25) is 5.82 Å². The molecule has 0 saturated heterocycles. The third-order valence-electron chi connectivity index (χ3n) is 2.50. The summed E-state index contributed by atoms with van der Waals surface area (Å²) in [5, 5.41) is 0. The van der Waals surface area contributed by atoms with Crippen LogP contribution in [0.15, 0.2) is 18.2 Å². The van der Waals surface area contributed by atoms with Crippen LogP contribution in [0.25, 0.3) is 0 Å². The number of hydrogen-bond donors (Lipinski definition) is 3. The van der Waals surface area contributed by atoms with Crippen LogP contribution in [0.2, 0.25) is 0 Å². The second-order valence-corrected chi connectivity index (χ2v) is 4.90. The molecular weight excluding hydrogens is 290 g/mol. The van der Waals surface area contributed by atoms with Crippen LogP contribution in [0.3, 0.4) is 0 Å². The van der Waals surface area contributed by atoms with Crippen molar-refractivity contribution in [2.45, 2.75) is 6.42 Å². The van der Waals surface area contributed by atoms with Gasteiger partial charge in [0, 0.05) is 13.1 Å². The van der Waals surface area contributed by atoms with E-state index in [9.17, 15) is 8.42 Å². The van der Waals surface area contributed by atoms with Crippen molar-refractivity contribution < 1.29 is 27.5 Å². The summed E-state index contributed by atoms with van der Waals surface area (Å²) in [5.41, 5.74) is 11.2. The van der Waals surface area contributed by atoms with Gasteiger partial charge in [0.05, 0.1) is 6.07 Å². The molecule has 0 bridgehead atoms. The molecule has 1 aliphatic heterocycles. The van der Waals surface area contributed by atoms with Crippen LogP contribution < -0.4 is 25.4 Å². The van der Waals surface area contributed by atoms with Crippen LogP contribution in [0.1, 0.15) is 6.42 Å². The lowest BCUT2D eigenvalue weighted by Crippen LogP contribution is -2.50. The first-order valence-electron chi connectivity index (χ1n) is 5.42. The third-order valence-corrected chi connectivity index (χ3v) is 2.84. The molecule has 1 aromatic heterocycles. The van der Waals surface area contributed by atoms with Crippen molar-refractivity contribution in [1.82, 2.24) is 4.98 Å². The zero-order valence-electron chi connectivity index (χ0n) is 10.4. The highest BCUT2D eigenvalue weighted by Gasteiger charge is 2.22. The van der Waals surface area contributed by atoms with Gasteiger partial charge in [0.1, 0.15) is 0 Å². The molecule has 0 atom stereocenters. The summed E-state index contributed by atoms with van der Waals surface area (Å²) in [6, 6.07) is 1.42. The predicted molar refractivity (Wildman–Crippen MR) is 69.3 cm³/mol. The molecule has 6 N–H and O–H groups in total. The van der Waals surface area contributed by atoms with E-state index >= 15 is 0 Å². The van der Waals surface area contributed by atoms with Crippen LogP contribution in [-0.4, -0.2) is 36.5 Å². The Labute approximate surface area is 115 Å². The second-order valence-electron chi connectivity index (χ2n) is 3.90. The summed E-state index contributed by atoms with van der Waals surface area (Å²) in [6.45, 7) is 1.42. The van der Waals surface area contributed by atoms with Gasteiger partial charge < -0.3 is 21.8 Å². The van der Waals surface area contributed by atoms with Gasteiger partial charge in [-0.2, -0.15) is 8.42 Å². The molecule has 0 amide bonds. The van der Waals surface area contributed by atoms with Crippen molar-refractivity contribution in [1.29, 1.82) is 0 Å². The summed E-state index contributed by atoms with van der Waals surface area (Å²) in [7, 11) is -4.72. The van der Waals surface area contributed by atoms with Crippen molar-refractivity contribution in [2.24, 2.45) is 0 Å². The van der Waals surface area contributed by atoms with E-state index in [4.69, 9.17) is 16.0 Å². The number of nitrogens with zero attached hydrogens (tertiary/aromatic N) is 3. The molecule has 0 fully saturated rings. The monoisotopic (exact) mass is 305 g/mol. The van der Waals surface area contributed by atoms with Gasteiger partial charge in [-0.1, -0.05) is 17.1 Å². The van der Waals surface area contributed by atoms with Gasteiger partial charge >= 0.3 is 16.3 Å². The number of aromatic nitrogens is 2. The van der Waals surface area contributed by atoms with Crippen molar-refractivity contribution in [3.63, 3.8) is 0 Å². The zero-order valence-corrected chi connectivity index (χ0v) is 11.2. The van der Waals surface area contributed by atoms with Gasteiger partial charge in [0.15, 0.2) is 5.82 Å². The Morgan fingerprint density at radius 1 is 1.40 bits per heavy atom. The molecule has 11 heteroatoms. The quantitative estimate of drug-likeness (QED) is 0.337. The van der Waals surface area contributed by atoms with Crippen LogP contribution in [0.4, 0.5) is 17.6 Å². The molecular formula is C9H15N5O5S. The van der Waals surface area contributed by atoms with E-state index in [0.29, 0.717) is 17.1 Å². The number of rotatable bonds is 3. The van der Waals surface area contributed by atoms with Gasteiger partial charge in [0.25, 0.3) is 0 Å². The van der Waals surface area contributed by atoms with E-state index in [1.165, 1.54) is 6.07 Å². The smallest absolute Gasteiger partial charge is 0.474 e. The zero-order chi connectivity index (χ0) is 14.0. The molecule has 2 rings (SSSR count). The van der Waals surface area contributed by atoms with E-state index in [-0.39, 0.29) is 17.2 Å². The minimum absolute atomic E-state index is 0. The molecule has 0 radical (unpaired) electrons. The molecule has 1 aliphatic rings. The molecule has 112 valence electrons. The van der Waals surface area contributed by atoms with Crippen molar-refractivity contribution in [3.05, 3.63) is 18.2 Å². The van der Waals surface area contributed by atoms with Crippen LogP contribution in [0.5, 0.6) is 0 Å². The molecule has 0 saturated carbocycles. The minimum atomic E-state index is -4.72. The minimum Gasteiger partial charge on any atom is -0.870 e. The van der Waals surface area contributed by atoms with Gasteiger partial charge in [-0.25, -0.2) is 4.28 Å². The van der Waals surface area contributed by atoms with Gasteiger partial charge in [-0.3, -0.25) is 4.55 Å². The average Bonchev–Trinajstić information content (AvgIpc) is 2.33. The summed E-state index contributed by atoms with van der Waals surface area (Å²) in [5.74, 6) is 0.145. The van der Waals surface area contributed by atoms with E-state index in [0.717, 1.165) is 13.0 Å². The van der Waals surface area contributed by atoms with Crippen LogP contribution in [-0.2, 0) is 10.4 Å². The van der Waals surface area contributed by atoms with E-state index < -0.39 is 10.4 Å². The molecule has 1 aromatic rings. The fraction of sp³-hybridized carbons (Fsp3) is 0.333. The Bertz CT molecular complexity index is 594. The molecule has 10 nitrogen and oxygen atoms in total. The molecule has 0 spiro atoms. The summed E-state index contributed by atoms with van der Waals surface area (Å²) < 4.78 is 34.6. The molecule has 0 aliphatic carbocycles. The summed E-state index contributed by atoms with van der Waals surface area (Å²) >= 11 is 0. The Hall–Kier alpha value is -2.11. The maximum atomic E-state index is 10.6. The largest absolute Gasteiger partial charge is 0.870 e. The number of hydrogen-bond acceptors (Lipinski definition) is 8. The number of anilines is 3. The molecule has 20 heavy (non-hydrogen) atoms. The average molecular weight is 305 g/mol. The SMILES string of the molecule is Nc1cc(N2CC=CCC2)nc(N)[n+]1OS(=O)(=O)O.[OH-]. The Morgan fingerprint density at radius 2 is 2.10 bits per heavy atom. The first kappa shape index (κ1) is 15.9. The Balaban J connectivity index is 0.00000200. The van der Waals surface area contributed by atoms with Gasteiger partial charge in [-0.05, 0) is 11.2 Å². The maximum Gasteiger partial charge on any atom is 0.474 e. The standard InChI is InChI=1S/C9H13N5O4S.H2O/c10-7-6-8(13-4-2-1-3-5-13)12-9(11)14(7)18-19(15,16)17;/h1-2,6H,3-5H2,(H4,10,11,12,15,16,17);1H2.